The lowest BCUT2D eigenvalue weighted by atomic mass is 10.1. The number of halogens is 1. The van der Waals surface area contributed by atoms with E-state index < -0.39 is 0 Å². The quantitative estimate of drug-likeness (QED) is 0.581. The Labute approximate surface area is 169 Å². The molecule has 0 unspecified atom stereocenters. The molecular weight excluding hydrogens is 369 g/mol. The predicted molar refractivity (Wildman–Crippen MR) is 112 cm³/mol. The molecule has 0 atom stereocenters. The summed E-state index contributed by atoms with van der Waals surface area (Å²) < 4.78 is 19.2. The summed E-state index contributed by atoms with van der Waals surface area (Å²) in [6, 6.07) is 17.6. The second-order valence-corrected chi connectivity index (χ2v) is 6.85. The van der Waals surface area contributed by atoms with Crippen molar-refractivity contribution in [1.29, 1.82) is 0 Å². The van der Waals surface area contributed by atoms with E-state index in [9.17, 15) is 9.18 Å². The summed E-state index contributed by atoms with van der Waals surface area (Å²) in [7, 11) is 0. The Balaban J connectivity index is 1.51. The van der Waals surface area contributed by atoms with E-state index in [0.717, 1.165) is 17.1 Å². The number of pyridine rings is 1. The fourth-order valence-corrected chi connectivity index (χ4v) is 2.76. The molecule has 3 rings (SSSR count). The monoisotopic (exact) mass is 393 g/mol. The molecule has 2 N–H and O–H groups in total. The van der Waals surface area contributed by atoms with Crippen LogP contribution in [-0.4, -0.2) is 23.5 Å². The van der Waals surface area contributed by atoms with E-state index >= 15 is 0 Å². The van der Waals surface area contributed by atoms with Crippen LogP contribution >= 0.6 is 0 Å². The van der Waals surface area contributed by atoms with Crippen LogP contribution in [0.25, 0.3) is 0 Å². The maximum absolute atomic E-state index is 13.6. The summed E-state index contributed by atoms with van der Waals surface area (Å²) in [6.45, 7) is 4.30. The Hall–Kier alpha value is -3.41. The summed E-state index contributed by atoms with van der Waals surface area (Å²) in [6.07, 6.45) is 2.15. The second kappa shape index (κ2) is 9.68. The number of anilines is 2. The van der Waals surface area contributed by atoms with E-state index in [1.165, 1.54) is 6.07 Å². The van der Waals surface area contributed by atoms with Gasteiger partial charge in [-0.25, -0.2) is 9.37 Å². The van der Waals surface area contributed by atoms with Gasteiger partial charge in [-0.3, -0.25) is 4.79 Å². The number of aromatic nitrogens is 1. The summed E-state index contributed by atoms with van der Waals surface area (Å²) in [5.74, 6) is 0.258. The van der Waals surface area contributed by atoms with Crippen molar-refractivity contribution < 1.29 is 13.9 Å². The molecule has 0 saturated carbocycles. The third-order valence-electron chi connectivity index (χ3n) is 4.15. The molecule has 3 aromatic rings. The molecule has 2 aromatic carbocycles. The number of hydrogen-bond acceptors (Lipinski definition) is 4. The van der Waals surface area contributed by atoms with Gasteiger partial charge in [0.2, 0.25) is 0 Å². The smallest absolute Gasteiger partial charge is 0.269 e. The number of carbonyl (C=O) groups excluding carboxylic acids is 1. The molecule has 1 amide bonds. The van der Waals surface area contributed by atoms with Gasteiger partial charge in [-0.05, 0) is 68.3 Å². The van der Waals surface area contributed by atoms with Gasteiger partial charge in [-0.1, -0.05) is 18.2 Å². The minimum absolute atomic E-state index is 0.128. The van der Waals surface area contributed by atoms with Crippen molar-refractivity contribution in [3.8, 4) is 5.75 Å². The molecule has 0 saturated heterocycles. The first kappa shape index (κ1) is 20.3. The average Bonchev–Trinajstić information content (AvgIpc) is 2.71. The number of rotatable bonds is 8. The first-order valence-corrected chi connectivity index (χ1v) is 9.52. The maximum Gasteiger partial charge on any atom is 0.269 e. The van der Waals surface area contributed by atoms with E-state index in [1.54, 1.807) is 36.5 Å². The Bertz CT molecular complexity index is 941. The number of nitrogens with zero attached hydrogens (tertiary/aromatic N) is 1. The lowest BCUT2D eigenvalue weighted by molar-refractivity contribution is 0.0949. The van der Waals surface area contributed by atoms with Crippen molar-refractivity contribution in [2.75, 3.05) is 11.9 Å². The number of benzene rings is 2. The number of carbonyl (C=O) groups is 1. The van der Waals surface area contributed by atoms with Crippen LogP contribution in [0.3, 0.4) is 0 Å². The van der Waals surface area contributed by atoms with E-state index in [1.807, 2.05) is 38.1 Å². The molecule has 0 radical (unpaired) electrons. The van der Waals surface area contributed by atoms with Gasteiger partial charge < -0.3 is 15.4 Å². The molecule has 1 heterocycles. The maximum atomic E-state index is 13.6. The SMILES string of the molecule is CC(C)Oc1ccc(Nc2ccc(C(=O)NCCc3ccccc3F)nc2)cc1. The van der Waals surface area contributed by atoms with E-state index in [2.05, 4.69) is 15.6 Å². The second-order valence-electron chi connectivity index (χ2n) is 6.85. The largest absolute Gasteiger partial charge is 0.491 e. The van der Waals surface area contributed by atoms with Crippen LogP contribution < -0.4 is 15.4 Å². The molecule has 5 nitrogen and oxygen atoms in total. The van der Waals surface area contributed by atoms with E-state index in [4.69, 9.17) is 4.74 Å². The third kappa shape index (κ3) is 6.04. The van der Waals surface area contributed by atoms with Crippen LogP contribution in [0, 0.1) is 5.82 Å². The summed E-state index contributed by atoms with van der Waals surface area (Å²) in [5, 5.41) is 5.99. The van der Waals surface area contributed by atoms with Gasteiger partial charge in [0, 0.05) is 12.2 Å². The minimum atomic E-state index is -0.289. The van der Waals surface area contributed by atoms with Gasteiger partial charge in [-0.15, -0.1) is 0 Å². The van der Waals surface area contributed by atoms with Crippen LogP contribution in [-0.2, 0) is 6.42 Å². The number of ether oxygens (including phenoxy) is 1. The third-order valence-corrected chi connectivity index (χ3v) is 4.15. The number of amides is 1. The molecule has 0 aliphatic heterocycles. The molecule has 0 fully saturated rings. The lowest BCUT2D eigenvalue weighted by Gasteiger charge is -2.11. The van der Waals surface area contributed by atoms with Crippen molar-refractivity contribution in [1.82, 2.24) is 10.3 Å². The van der Waals surface area contributed by atoms with Gasteiger partial charge in [0.1, 0.15) is 17.3 Å². The standard InChI is InChI=1S/C23H24FN3O2/c1-16(2)29-20-10-7-18(8-11-20)27-19-9-12-22(26-15-19)23(28)25-14-13-17-5-3-4-6-21(17)24/h3-12,15-16,27H,13-14H2,1-2H3,(H,25,28). The van der Waals surface area contributed by atoms with Crippen LogP contribution in [0.15, 0.2) is 66.9 Å². The highest BCUT2D eigenvalue weighted by Gasteiger charge is 2.08. The topological polar surface area (TPSA) is 63.2 Å². The van der Waals surface area contributed by atoms with Crippen molar-refractivity contribution in [2.24, 2.45) is 0 Å². The van der Waals surface area contributed by atoms with E-state index in [-0.39, 0.29) is 17.8 Å². The zero-order valence-corrected chi connectivity index (χ0v) is 16.5. The van der Waals surface area contributed by atoms with Crippen molar-refractivity contribution in [3.63, 3.8) is 0 Å². The summed E-state index contributed by atoms with van der Waals surface area (Å²) >= 11 is 0. The fourth-order valence-electron chi connectivity index (χ4n) is 2.76. The first-order valence-electron chi connectivity index (χ1n) is 9.52. The molecule has 29 heavy (non-hydrogen) atoms. The highest BCUT2D eigenvalue weighted by molar-refractivity contribution is 5.92. The highest BCUT2D eigenvalue weighted by Crippen LogP contribution is 2.20. The normalized spacial score (nSPS) is 10.6. The Kier molecular flexibility index (Phi) is 6.79. The minimum Gasteiger partial charge on any atom is -0.491 e. The van der Waals surface area contributed by atoms with Gasteiger partial charge in [0.25, 0.3) is 5.91 Å². The van der Waals surface area contributed by atoms with Gasteiger partial charge in [-0.2, -0.15) is 0 Å². The summed E-state index contributed by atoms with van der Waals surface area (Å²) in [5.41, 5.74) is 2.55. The zero-order valence-electron chi connectivity index (χ0n) is 16.5. The number of nitrogens with one attached hydrogen (secondary N) is 2. The van der Waals surface area contributed by atoms with Gasteiger partial charge >= 0.3 is 0 Å². The van der Waals surface area contributed by atoms with E-state index in [0.29, 0.717) is 24.2 Å². The van der Waals surface area contributed by atoms with Crippen LogP contribution in [0.1, 0.15) is 29.9 Å². The molecule has 0 spiro atoms. The highest BCUT2D eigenvalue weighted by atomic mass is 19.1. The zero-order chi connectivity index (χ0) is 20.6. The fraction of sp³-hybridized carbons (Fsp3) is 0.217. The molecular formula is C23H24FN3O2. The Morgan fingerprint density at radius 2 is 1.76 bits per heavy atom. The van der Waals surface area contributed by atoms with Crippen LogP contribution in [0.2, 0.25) is 0 Å². The Morgan fingerprint density at radius 3 is 2.41 bits per heavy atom. The summed E-state index contributed by atoms with van der Waals surface area (Å²) in [4.78, 5) is 16.4. The molecule has 0 bridgehead atoms. The molecule has 1 aromatic heterocycles. The molecule has 6 heteroatoms. The first-order chi connectivity index (χ1) is 14.0. The predicted octanol–water partition coefficient (Wildman–Crippen LogP) is 4.72. The molecule has 0 aliphatic rings. The van der Waals surface area contributed by atoms with Crippen molar-refractivity contribution in [3.05, 3.63) is 83.9 Å². The van der Waals surface area contributed by atoms with Crippen molar-refractivity contribution in [2.45, 2.75) is 26.4 Å². The number of hydrogen-bond donors (Lipinski definition) is 2. The van der Waals surface area contributed by atoms with Crippen LogP contribution in [0.4, 0.5) is 15.8 Å². The Morgan fingerprint density at radius 1 is 1.03 bits per heavy atom. The van der Waals surface area contributed by atoms with Crippen molar-refractivity contribution >= 4 is 17.3 Å². The lowest BCUT2D eigenvalue weighted by Crippen LogP contribution is -2.26. The average molecular weight is 393 g/mol. The van der Waals surface area contributed by atoms with Crippen LogP contribution in [0.5, 0.6) is 5.75 Å². The van der Waals surface area contributed by atoms with Gasteiger partial charge in [0.05, 0.1) is 18.0 Å². The molecule has 150 valence electrons. The molecule has 0 aliphatic carbocycles. The van der Waals surface area contributed by atoms with Gasteiger partial charge in [0.15, 0.2) is 0 Å².